The number of carbonyl (C=O) groups excluding carboxylic acids is 2. The molecule has 0 aliphatic carbocycles. The van der Waals surface area contributed by atoms with Crippen molar-refractivity contribution < 1.29 is 14.5 Å². The van der Waals surface area contributed by atoms with Gasteiger partial charge in [-0.25, -0.2) is 4.90 Å². The molecule has 0 aromatic heterocycles. The van der Waals surface area contributed by atoms with E-state index in [2.05, 4.69) is 0 Å². The van der Waals surface area contributed by atoms with Gasteiger partial charge in [0.25, 0.3) is 17.5 Å². The number of anilines is 1. The third-order valence-electron chi connectivity index (χ3n) is 3.42. The van der Waals surface area contributed by atoms with Crippen molar-refractivity contribution in [1.29, 1.82) is 0 Å². The van der Waals surface area contributed by atoms with Gasteiger partial charge in [0, 0.05) is 23.1 Å². The van der Waals surface area contributed by atoms with E-state index in [1.165, 1.54) is 18.2 Å². The van der Waals surface area contributed by atoms with Crippen LogP contribution in [-0.4, -0.2) is 16.7 Å². The molecule has 0 radical (unpaired) electrons. The van der Waals surface area contributed by atoms with Gasteiger partial charge < -0.3 is 0 Å². The van der Waals surface area contributed by atoms with Gasteiger partial charge >= 0.3 is 0 Å². The van der Waals surface area contributed by atoms with Gasteiger partial charge in [0.1, 0.15) is 0 Å². The smallest absolute Gasteiger partial charge is 0.269 e. The average Bonchev–Trinajstić information content (AvgIpc) is 2.71. The highest BCUT2D eigenvalue weighted by atomic mass is 16.6. The highest BCUT2D eigenvalue weighted by Gasteiger charge is 2.31. The molecule has 0 atom stereocenters. The first-order chi connectivity index (χ1) is 10.0. The molecule has 3 rings (SSSR count). The van der Waals surface area contributed by atoms with Gasteiger partial charge in [0.2, 0.25) is 0 Å². The van der Waals surface area contributed by atoms with Crippen LogP contribution in [0.25, 0.3) is 10.8 Å². The van der Waals surface area contributed by atoms with Gasteiger partial charge in [-0.2, -0.15) is 0 Å². The van der Waals surface area contributed by atoms with E-state index < -0.39 is 16.7 Å². The summed E-state index contributed by atoms with van der Waals surface area (Å²) >= 11 is 0. The van der Waals surface area contributed by atoms with Crippen molar-refractivity contribution in [3.8, 4) is 0 Å². The molecule has 1 heterocycles. The number of hydrogen-bond donors (Lipinski definition) is 0. The number of non-ortho nitro benzene ring substituents is 1. The Kier molecular flexibility index (Phi) is 2.79. The summed E-state index contributed by atoms with van der Waals surface area (Å²) in [7, 11) is 0. The minimum Gasteiger partial charge on any atom is -0.269 e. The zero-order valence-corrected chi connectivity index (χ0v) is 11.1. The quantitative estimate of drug-likeness (QED) is 0.481. The van der Waals surface area contributed by atoms with E-state index in [0.29, 0.717) is 22.0 Å². The Labute approximate surface area is 119 Å². The number of nitro benzene ring substituents is 1. The zero-order valence-electron chi connectivity index (χ0n) is 11.1. The molecule has 0 spiro atoms. The number of hydrogen-bond acceptors (Lipinski definition) is 4. The van der Waals surface area contributed by atoms with Gasteiger partial charge in [-0.3, -0.25) is 19.7 Å². The number of nitrogens with zero attached hydrogens (tertiary/aromatic N) is 2. The highest BCUT2D eigenvalue weighted by Crippen LogP contribution is 2.35. The van der Waals surface area contributed by atoms with Crippen LogP contribution in [0.3, 0.4) is 0 Å². The standard InChI is InChI=1S/C15H10N2O4/c1-9-8-14(18)16(15(9)19)12-6-7-13(17(20)21)11-5-3-2-4-10(11)12/h2-8H,1H3. The van der Waals surface area contributed by atoms with Crippen molar-refractivity contribution >= 4 is 34.0 Å². The number of amides is 2. The molecule has 21 heavy (non-hydrogen) atoms. The molecule has 0 saturated heterocycles. The van der Waals surface area contributed by atoms with Gasteiger partial charge in [0.15, 0.2) is 0 Å². The second-order valence-corrected chi connectivity index (χ2v) is 4.71. The summed E-state index contributed by atoms with van der Waals surface area (Å²) in [5, 5.41) is 12.0. The Morgan fingerprint density at radius 1 is 1.05 bits per heavy atom. The molecule has 0 fully saturated rings. The third kappa shape index (κ3) is 1.88. The van der Waals surface area contributed by atoms with Gasteiger partial charge in [-0.15, -0.1) is 0 Å². The Morgan fingerprint density at radius 3 is 2.29 bits per heavy atom. The monoisotopic (exact) mass is 282 g/mol. The third-order valence-corrected chi connectivity index (χ3v) is 3.42. The van der Waals surface area contributed by atoms with Crippen molar-refractivity contribution in [2.45, 2.75) is 6.92 Å². The maximum absolute atomic E-state index is 12.1. The summed E-state index contributed by atoms with van der Waals surface area (Å²) in [6, 6.07) is 9.39. The summed E-state index contributed by atoms with van der Waals surface area (Å²) in [4.78, 5) is 35.7. The molecule has 0 N–H and O–H groups in total. The maximum Gasteiger partial charge on any atom is 0.277 e. The van der Waals surface area contributed by atoms with E-state index in [-0.39, 0.29) is 5.69 Å². The first kappa shape index (κ1) is 13.0. The van der Waals surface area contributed by atoms with Gasteiger partial charge in [-0.1, -0.05) is 18.2 Å². The molecule has 0 saturated carbocycles. The molecule has 6 nitrogen and oxygen atoms in total. The van der Waals surface area contributed by atoms with Crippen LogP contribution in [0.2, 0.25) is 0 Å². The van der Waals surface area contributed by atoms with Crippen molar-refractivity contribution in [2.75, 3.05) is 4.90 Å². The number of carbonyl (C=O) groups is 2. The predicted molar refractivity (Wildman–Crippen MR) is 76.9 cm³/mol. The fraction of sp³-hybridized carbons (Fsp3) is 0.0667. The SMILES string of the molecule is CC1=CC(=O)N(c2ccc([N+](=O)[O-])c3ccccc23)C1=O. The minimum absolute atomic E-state index is 0.0573. The minimum atomic E-state index is -0.483. The lowest BCUT2D eigenvalue weighted by Gasteiger charge is -2.17. The molecule has 1 aliphatic heterocycles. The Hall–Kier alpha value is -3.02. The van der Waals surface area contributed by atoms with Crippen LogP contribution < -0.4 is 4.90 Å². The second kappa shape index (κ2) is 4.52. The Balaban J connectivity index is 2.27. The van der Waals surface area contributed by atoms with E-state index >= 15 is 0 Å². The topological polar surface area (TPSA) is 80.5 Å². The van der Waals surface area contributed by atoms with Crippen LogP contribution in [0, 0.1) is 10.1 Å². The van der Waals surface area contributed by atoms with Crippen LogP contribution in [0.15, 0.2) is 48.0 Å². The molecule has 2 aromatic rings. The van der Waals surface area contributed by atoms with Crippen molar-refractivity contribution in [2.24, 2.45) is 0 Å². The van der Waals surface area contributed by atoms with Crippen LogP contribution in [0.1, 0.15) is 6.92 Å². The van der Waals surface area contributed by atoms with Crippen LogP contribution >= 0.6 is 0 Å². The molecule has 104 valence electrons. The fourth-order valence-electron chi connectivity index (χ4n) is 2.44. The number of nitro groups is 1. The molecular formula is C15H10N2O4. The van der Waals surface area contributed by atoms with Crippen LogP contribution in [-0.2, 0) is 9.59 Å². The molecule has 0 bridgehead atoms. The van der Waals surface area contributed by atoms with Gasteiger partial charge in [0.05, 0.1) is 16.0 Å². The Morgan fingerprint density at radius 2 is 1.71 bits per heavy atom. The van der Waals surface area contributed by atoms with E-state index in [1.54, 1.807) is 31.2 Å². The number of rotatable bonds is 2. The van der Waals surface area contributed by atoms with Crippen LogP contribution in [0.4, 0.5) is 11.4 Å². The van der Waals surface area contributed by atoms with Crippen LogP contribution in [0.5, 0.6) is 0 Å². The maximum atomic E-state index is 12.1. The number of imide groups is 1. The fourth-order valence-corrected chi connectivity index (χ4v) is 2.44. The summed E-state index contributed by atoms with van der Waals surface area (Å²) in [5.74, 6) is -0.837. The van der Waals surface area contributed by atoms with E-state index in [0.717, 1.165) is 4.90 Å². The molecule has 1 aliphatic rings. The number of fused-ring (bicyclic) bond motifs is 1. The van der Waals surface area contributed by atoms with Crippen molar-refractivity contribution in [1.82, 2.24) is 0 Å². The van der Waals surface area contributed by atoms with Crippen molar-refractivity contribution in [3.63, 3.8) is 0 Å². The molecular weight excluding hydrogens is 272 g/mol. The van der Waals surface area contributed by atoms with Crippen molar-refractivity contribution in [3.05, 3.63) is 58.2 Å². The zero-order chi connectivity index (χ0) is 15.1. The lowest BCUT2D eigenvalue weighted by molar-refractivity contribution is -0.383. The first-order valence-electron chi connectivity index (χ1n) is 6.23. The highest BCUT2D eigenvalue weighted by molar-refractivity contribution is 6.32. The lowest BCUT2D eigenvalue weighted by atomic mass is 10.1. The summed E-state index contributed by atoms with van der Waals surface area (Å²) in [5.41, 5.74) is 0.653. The summed E-state index contributed by atoms with van der Waals surface area (Å²) in [6.07, 6.45) is 1.26. The molecule has 2 aromatic carbocycles. The molecule has 2 amide bonds. The van der Waals surface area contributed by atoms with Gasteiger partial charge in [-0.05, 0) is 19.1 Å². The van der Waals surface area contributed by atoms with E-state index in [9.17, 15) is 19.7 Å². The summed E-state index contributed by atoms with van der Waals surface area (Å²) < 4.78 is 0. The lowest BCUT2D eigenvalue weighted by Crippen LogP contribution is -2.30. The summed E-state index contributed by atoms with van der Waals surface area (Å²) in [6.45, 7) is 1.56. The normalized spacial score (nSPS) is 14.7. The Bertz CT molecular complexity index is 839. The molecule has 0 unspecified atom stereocenters. The average molecular weight is 282 g/mol. The molecule has 6 heteroatoms. The van der Waals surface area contributed by atoms with E-state index in [1.807, 2.05) is 0 Å². The largest absolute Gasteiger partial charge is 0.277 e. The number of benzene rings is 2. The second-order valence-electron chi connectivity index (χ2n) is 4.71. The van der Waals surface area contributed by atoms with E-state index in [4.69, 9.17) is 0 Å². The first-order valence-corrected chi connectivity index (χ1v) is 6.23. The predicted octanol–water partition coefficient (Wildman–Crippen LogP) is 2.57.